The molecule has 0 unspecified atom stereocenters. The summed E-state index contributed by atoms with van der Waals surface area (Å²) in [6.45, 7) is 8.15. The Morgan fingerprint density at radius 2 is 1.81 bits per heavy atom. The number of hydrogen-bond donors (Lipinski definition) is 1. The van der Waals surface area contributed by atoms with Gasteiger partial charge in [0.2, 0.25) is 0 Å². The van der Waals surface area contributed by atoms with Crippen molar-refractivity contribution in [3.63, 3.8) is 0 Å². The first kappa shape index (κ1) is 16.4. The molecule has 0 heterocycles. The van der Waals surface area contributed by atoms with Gasteiger partial charge >= 0.3 is 0 Å². The quantitative estimate of drug-likeness (QED) is 0.670. The molecule has 1 N–H and O–H groups in total. The Labute approximate surface area is 140 Å². The molecule has 0 saturated heterocycles. The van der Waals surface area contributed by atoms with Gasteiger partial charge < -0.3 is 5.11 Å². The molecule has 0 aromatic heterocycles. The second-order valence-electron chi connectivity index (χ2n) is 5.48. The Kier molecular flexibility index (Phi) is 5.00. The third kappa shape index (κ3) is 2.97. The van der Waals surface area contributed by atoms with E-state index in [0.29, 0.717) is 5.75 Å². The molecule has 0 saturated carbocycles. The summed E-state index contributed by atoms with van der Waals surface area (Å²) < 4.78 is 1.10. The number of rotatable bonds is 3. The fourth-order valence-corrected chi connectivity index (χ4v) is 3.52. The van der Waals surface area contributed by atoms with E-state index < -0.39 is 0 Å². The van der Waals surface area contributed by atoms with Gasteiger partial charge in [0.1, 0.15) is 5.75 Å². The van der Waals surface area contributed by atoms with Crippen LogP contribution in [-0.2, 0) is 6.42 Å². The summed E-state index contributed by atoms with van der Waals surface area (Å²) in [6, 6.07) is 5.87. The standard InChI is InChI=1S/C18H20BrClO/c1-5-6-14-11(3)18(21)16(12(4)17(14)19)13-7-8-15(20)10(2)9-13/h7-9,21H,5-6H2,1-4H3. The van der Waals surface area contributed by atoms with Gasteiger partial charge in [0.15, 0.2) is 0 Å². The average Bonchev–Trinajstić information content (AvgIpc) is 2.45. The van der Waals surface area contributed by atoms with Crippen molar-refractivity contribution in [1.82, 2.24) is 0 Å². The van der Waals surface area contributed by atoms with Gasteiger partial charge in [-0.2, -0.15) is 0 Å². The zero-order valence-electron chi connectivity index (χ0n) is 12.8. The Bertz CT molecular complexity index is 663. The SMILES string of the molecule is CCCc1c(C)c(O)c(-c2ccc(Cl)c(C)c2)c(C)c1Br. The maximum atomic E-state index is 10.7. The molecule has 1 nitrogen and oxygen atoms in total. The lowest BCUT2D eigenvalue weighted by molar-refractivity contribution is 0.471. The monoisotopic (exact) mass is 366 g/mol. The number of hydrogen-bond acceptors (Lipinski definition) is 1. The number of aromatic hydroxyl groups is 1. The van der Waals surface area contributed by atoms with E-state index in [1.54, 1.807) is 0 Å². The number of aryl methyl sites for hydroxylation is 1. The molecule has 0 bridgehead atoms. The number of benzene rings is 2. The summed E-state index contributed by atoms with van der Waals surface area (Å²) in [5, 5.41) is 11.4. The van der Waals surface area contributed by atoms with Crippen molar-refractivity contribution in [2.75, 3.05) is 0 Å². The molecular formula is C18H20BrClO. The largest absolute Gasteiger partial charge is 0.507 e. The summed E-state index contributed by atoms with van der Waals surface area (Å²) in [6.07, 6.45) is 2.01. The Hall–Kier alpha value is -0.990. The summed E-state index contributed by atoms with van der Waals surface area (Å²) in [5.74, 6) is 0.376. The van der Waals surface area contributed by atoms with E-state index in [1.807, 2.05) is 39.0 Å². The van der Waals surface area contributed by atoms with Gasteiger partial charge in [-0.1, -0.05) is 46.9 Å². The van der Waals surface area contributed by atoms with Gasteiger partial charge in [-0.05, 0) is 67.1 Å². The molecule has 0 amide bonds. The van der Waals surface area contributed by atoms with Crippen LogP contribution in [0.15, 0.2) is 22.7 Å². The van der Waals surface area contributed by atoms with Crippen LogP contribution in [0.2, 0.25) is 5.02 Å². The maximum absolute atomic E-state index is 10.7. The highest BCUT2D eigenvalue weighted by molar-refractivity contribution is 9.10. The zero-order valence-corrected chi connectivity index (χ0v) is 15.2. The van der Waals surface area contributed by atoms with Crippen LogP contribution in [0, 0.1) is 20.8 Å². The van der Waals surface area contributed by atoms with Crippen LogP contribution in [0.25, 0.3) is 11.1 Å². The van der Waals surface area contributed by atoms with Crippen LogP contribution in [0.4, 0.5) is 0 Å². The van der Waals surface area contributed by atoms with Crippen LogP contribution in [0.5, 0.6) is 5.75 Å². The van der Waals surface area contributed by atoms with E-state index in [1.165, 1.54) is 5.56 Å². The van der Waals surface area contributed by atoms with E-state index in [4.69, 9.17) is 11.6 Å². The van der Waals surface area contributed by atoms with Crippen molar-refractivity contribution in [2.24, 2.45) is 0 Å². The van der Waals surface area contributed by atoms with E-state index in [2.05, 4.69) is 22.9 Å². The lowest BCUT2D eigenvalue weighted by Crippen LogP contribution is -1.98. The number of phenols is 1. The van der Waals surface area contributed by atoms with Crippen molar-refractivity contribution < 1.29 is 5.11 Å². The Morgan fingerprint density at radius 3 is 2.38 bits per heavy atom. The fourth-order valence-electron chi connectivity index (χ4n) is 2.71. The summed E-state index contributed by atoms with van der Waals surface area (Å²) in [7, 11) is 0. The molecule has 0 atom stereocenters. The van der Waals surface area contributed by atoms with Gasteiger partial charge in [0.25, 0.3) is 0 Å². The minimum absolute atomic E-state index is 0.376. The number of phenolic OH excluding ortho intramolecular Hbond substituents is 1. The molecule has 3 heteroatoms. The molecule has 0 aliphatic rings. The van der Waals surface area contributed by atoms with Crippen molar-refractivity contribution in [3.8, 4) is 16.9 Å². The normalized spacial score (nSPS) is 11.0. The zero-order chi connectivity index (χ0) is 15.7. The van der Waals surface area contributed by atoms with E-state index in [9.17, 15) is 5.11 Å². The van der Waals surface area contributed by atoms with Gasteiger partial charge in [-0.25, -0.2) is 0 Å². The van der Waals surface area contributed by atoms with Crippen molar-refractivity contribution in [2.45, 2.75) is 40.5 Å². The predicted molar refractivity (Wildman–Crippen MR) is 94.5 cm³/mol. The molecule has 0 aliphatic carbocycles. The van der Waals surface area contributed by atoms with Gasteiger partial charge in [-0.15, -0.1) is 0 Å². The van der Waals surface area contributed by atoms with Gasteiger partial charge in [0, 0.05) is 15.1 Å². The molecule has 2 aromatic rings. The van der Waals surface area contributed by atoms with Crippen molar-refractivity contribution in [3.05, 3.63) is 49.9 Å². The average molecular weight is 368 g/mol. The van der Waals surface area contributed by atoms with Gasteiger partial charge in [-0.3, -0.25) is 0 Å². The molecule has 0 fully saturated rings. The molecule has 0 aliphatic heterocycles. The summed E-state index contributed by atoms with van der Waals surface area (Å²) in [5.41, 5.74) is 6.12. The highest BCUT2D eigenvalue weighted by atomic mass is 79.9. The summed E-state index contributed by atoms with van der Waals surface area (Å²) in [4.78, 5) is 0. The molecule has 0 spiro atoms. The Morgan fingerprint density at radius 1 is 1.14 bits per heavy atom. The van der Waals surface area contributed by atoms with Crippen LogP contribution < -0.4 is 0 Å². The molecular weight excluding hydrogens is 348 g/mol. The molecule has 0 radical (unpaired) electrons. The van der Waals surface area contributed by atoms with Crippen molar-refractivity contribution >= 4 is 27.5 Å². The first-order valence-corrected chi connectivity index (χ1v) is 8.32. The minimum Gasteiger partial charge on any atom is -0.507 e. The van der Waals surface area contributed by atoms with E-state index in [-0.39, 0.29) is 0 Å². The van der Waals surface area contributed by atoms with Crippen LogP contribution >= 0.6 is 27.5 Å². The second kappa shape index (κ2) is 6.41. The summed E-state index contributed by atoms with van der Waals surface area (Å²) >= 11 is 9.82. The lowest BCUT2D eigenvalue weighted by atomic mass is 9.91. The third-order valence-electron chi connectivity index (χ3n) is 3.96. The maximum Gasteiger partial charge on any atom is 0.126 e. The first-order valence-electron chi connectivity index (χ1n) is 7.15. The fraction of sp³-hybridized carbons (Fsp3) is 0.333. The minimum atomic E-state index is 0.376. The Balaban J connectivity index is 2.72. The van der Waals surface area contributed by atoms with E-state index >= 15 is 0 Å². The van der Waals surface area contributed by atoms with Crippen LogP contribution in [0.3, 0.4) is 0 Å². The molecule has 2 aromatic carbocycles. The topological polar surface area (TPSA) is 20.2 Å². The highest BCUT2D eigenvalue weighted by Crippen LogP contribution is 2.42. The van der Waals surface area contributed by atoms with E-state index in [0.717, 1.165) is 50.2 Å². The van der Waals surface area contributed by atoms with Crippen LogP contribution in [0.1, 0.15) is 35.6 Å². The number of halogens is 2. The first-order chi connectivity index (χ1) is 9.88. The molecule has 21 heavy (non-hydrogen) atoms. The molecule has 112 valence electrons. The lowest BCUT2D eigenvalue weighted by Gasteiger charge is -2.18. The van der Waals surface area contributed by atoms with Crippen LogP contribution in [-0.4, -0.2) is 5.11 Å². The second-order valence-corrected chi connectivity index (χ2v) is 6.68. The highest BCUT2D eigenvalue weighted by Gasteiger charge is 2.18. The van der Waals surface area contributed by atoms with Gasteiger partial charge in [0.05, 0.1) is 0 Å². The molecule has 2 rings (SSSR count). The third-order valence-corrected chi connectivity index (χ3v) is 5.46. The predicted octanol–water partition coefficient (Wildman–Crippen LogP) is 6.35. The van der Waals surface area contributed by atoms with Crippen molar-refractivity contribution in [1.29, 1.82) is 0 Å². The smallest absolute Gasteiger partial charge is 0.126 e.